The average Bonchev–Trinajstić information content (AvgIpc) is 2.59. The molecule has 1 heterocycles. The standard InChI is InChI=1S/C15H21NO6S/c17-8-10-12(18)13(19)14(20)15(22-10)23-11(16-21)7-6-9-4-2-1-3-5-9/h1-5,10,12-15,17-21H,6-8H2/t10-,12-,13+,14-,15+/m1/s1. The average molecular weight is 343 g/mol. The lowest BCUT2D eigenvalue weighted by Gasteiger charge is -2.39. The molecule has 0 amide bonds. The molecule has 0 radical (unpaired) electrons. The zero-order chi connectivity index (χ0) is 16.8. The molecule has 0 spiro atoms. The smallest absolute Gasteiger partial charge is 0.138 e. The fourth-order valence-corrected chi connectivity index (χ4v) is 3.36. The molecule has 0 bridgehead atoms. The van der Waals surface area contributed by atoms with Crippen LogP contribution in [0.4, 0.5) is 0 Å². The van der Waals surface area contributed by atoms with Gasteiger partial charge >= 0.3 is 0 Å². The van der Waals surface area contributed by atoms with Gasteiger partial charge in [0.15, 0.2) is 0 Å². The van der Waals surface area contributed by atoms with E-state index in [9.17, 15) is 15.3 Å². The lowest BCUT2D eigenvalue weighted by atomic mass is 10.0. The first kappa shape index (κ1) is 18.2. The van der Waals surface area contributed by atoms with Crippen LogP contribution in [-0.2, 0) is 11.2 Å². The Hall–Kier alpha value is -1.16. The van der Waals surface area contributed by atoms with E-state index < -0.39 is 36.5 Å². The quantitative estimate of drug-likeness (QED) is 0.220. The summed E-state index contributed by atoms with van der Waals surface area (Å²) in [6, 6.07) is 9.64. The maximum absolute atomic E-state index is 9.98. The van der Waals surface area contributed by atoms with Gasteiger partial charge in [-0.3, -0.25) is 0 Å². The van der Waals surface area contributed by atoms with Crippen LogP contribution >= 0.6 is 11.8 Å². The monoisotopic (exact) mass is 343 g/mol. The minimum atomic E-state index is -1.44. The van der Waals surface area contributed by atoms with Crippen molar-refractivity contribution in [3.05, 3.63) is 35.9 Å². The fourth-order valence-electron chi connectivity index (χ4n) is 2.33. The molecule has 1 aromatic rings. The van der Waals surface area contributed by atoms with Gasteiger partial charge in [-0.25, -0.2) is 0 Å². The highest BCUT2D eigenvalue weighted by molar-refractivity contribution is 8.14. The molecular formula is C15H21NO6S. The molecule has 1 aliphatic rings. The number of hydrogen-bond acceptors (Lipinski definition) is 8. The predicted molar refractivity (Wildman–Crippen MR) is 85.3 cm³/mol. The first-order chi connectivity index (χ1) is 11.1. The second-order valence-corrected chi connectivity index (χ2v) is 6.47. The van der Waals surface area contributed by atoms with Gasteiger partial charge < -0.3 is 30.4 Å². The summed E-state index contributed by atoms with van der Waals surface area (Å²) >= 11 is 0.963. The van der Waals surface area contributed by atoms with E-state index in [1.165, 1.54) is 0 Å². The topological polar surface area (TPSA) is 123 Å². The first-order valence-corrected chi connectivity index (χ1v) is 8.16. The highest BCUT2D eigenvalue weighted by Crippen LogP contribution is 2.30. The van der Waals surface area contributed by atoms with Crippen molar-refractivity contribution in [1.82, 2.24) is 0 Å². The highest BCUT2D eigenvalue weighted by atomic mass is 32.2. The number of oxime groups is 1. The summed E-state index contributed by atoms with van der Waals surface area (Å²) < 4.78 is 5.38. The van der Waals surface area contributed by atoms with Crippen LogP contribution in [0.2, 0.25) is 0 Å². The molecule has 5 atom stereocenters. The summed E-state index contributed by atoms with van der Waals surface area (Å²) in [7, 11) is 0. The minimum absolute atomic E-state index is 0.332. The van der Waals surface area contributed by atoms with Crippen LogP contribution < -0.4 is 0 Å². The summed E-state index contributed by atoms with van der Waals surface area (Å²) in [6.07, 6.45) is -4.09. The number of aliphatic hydroxyl groups excluding tert-OH is 4. The largest absolute Gasteiger partial charge is 0.410 e. The zero-order valence-electron chi connectivity index (χ0n) is 12.4. The van der Waals surface area contributed by atoms with Crippen LogP contribution in [0.15, 0.2) is 35.5 Å². The van der Waals surface area contributed by atoms with Gasteiger partial charge in [0.1, 0.15) is 34.9 Å². The summed E-state index contributed by atoms with van der Waals surface area (Å²) in [5.41, 5.74) is 0.135. The van der Waals surface area contributed by atoms with Crippen molar-refractivity contribution in [3.63, 3.8) is 0 Å². The lowest BCUT2D eigenvalue weighted by Crippen LogP contribution is -2.57. The molecule has 1 fully saturated rings. The van der Waals surface area contributed by atoms with Crippen molar-refractivity contribution >= 4 is 16.8 Å². The summed E-state index contributed by atoms with van der Waals surface area (Å²) in [5, 5.41) is 51.3. The van der Waals surface area contributed by atoms with Gasteiger partial charge in [0.25, 0.3) is 0 Å². The Labute approximate surface area is 138 Å². The third-order valence-corrected chi connectivity index (χ3v) is 4.86. The van der Waals surface area contributed by atoms with Crippen molar-refractivity contribution in [2.45, 2.75) is 42.7 Å². The number of rotatable bonds is 5. The lowest BCUT2D eigenvalue weighted by molar-refractivity contribution is -0.205. The number of nitrogens with zero attached hydrogens (tertiary/aromatic N) is 1. The molecular weight excluding hydrogens is 322 g/mol. The molecule has 7 nitrogen and oxygen atoms in total. The van der Waals surface area contributed by atoms with Gasteiger partial charge in [-0.05, 0) is 12.0 Å². The van der Waals surface area contributed by atoms with Crippen LogP contribution in [0.25, 0.3) is 0 Å². The molecule has 23 heavy (non-hydrogen) atoms. The number of hydrogen-bond donors (Lipinski definition) is 5. The Balaban J connectivity index is 1.95. The van der Waals surface area contributed by atoms with Crippen LogP contribution in [-0.4, -0.2) is 67.1 Å². The van der Waals surface area contributed by atoms with E-state index in [2.05, 4.69) is 5.16 Å². The molecule has 0 aromatic heterocycles. The molecule has 2 rings (SSSR count). The van der Waals surface area contributed by atoms with Gasteiger partial charge in [0, 0.05) is 6.42 Å². The van der Waals surface area contributed by atoms with Crippen molar-refractivity contribution in [2.24, 2.45) is 5.16 Å². The third-order valence-electron chi connectivity index (χ3n) is 3.68. The second kappa shape index (κ2) is 8.62. The van der Waals surface area contributed by atoms with E-state index >= 15 is 0 Å². The Morgan fingerprint density at radius 1 is 1.09 bits per heavy atom. The number of ether oxygens (including phenoxy) is 1. The molecule has 128 valence electrons. The van der Waals surface area contributed by atoms with Gasteiger partial charge in [-0.2, -0.15) is 0 Å². The van der Waals surface area contributed by atoms with Gasteiger partial charge in [-0.15, -0.1) is 0 Å². The van der Waals surface area contributed by atoms with E-state index in [4.69, 9.17) is 15.1 Å². The van der Waals surface area contributed by atoms with E-state index in [0.717, 1.165) is 17.3 Å². The fraction of sp³-hybridized carbons (Fsp3) is 0.533. The highest BCUT2D eigenvalue weighted by Gasteiger charge is 2.44. The number of thioether (sulfide) groups is 1. The number of aliphatic hydroxyl groups is 4. The van der Waals surface area contributed by atoms with Crippen LogP contribution in [0, 0.1) is 0 Å². The van der Waals surface area contributed by atoms with Crippen LogP contribution in [0.5, 0.6) is 0 Å². The van der Waals surface area contributed by atoms with E-state index in [1.54, 1.807) is 0 Å². The zero-order valence-corrected chi connectivity index (χ0v) is 13.2. The third kappa shape index (κ3) is 4.66. The molecule has 8 heteroatoms. The van der Waals surface area contributed by atoms with Crippen LogP contribution in [0.1, 0.15) is 12.0 Å². The van der Waals surface area contributed by atoms with E-state index in [1.807, 2.05) is 30.3 Å². The van der Waals surface area contributed by atoms with Gasteiger partial charge in [-0.1, -0.05) is 47.2 Å². The maximum atomic E-state index is 9.98. The molecule has 1 aromatic carbocycles. The Bertz CT molecular complexity index is 512. The van der Waals surface area contributed by atoms with Crippen molar-refractivity contribution in [2.75, 3.05) is 6.61 Å². The normalized spacial score (nSPS) is 32.0. The summed E-state index contributed by atoms with van der Waals surface area (Å²) in [4.78, 5) is 0. The minimum Gasteiger partial charge on any atom is -0.410 e. The van der Waals surface area contributed by atoms with E-state index in [-0.39, 0.29) is 0 Å². The van der Waals surface area contributed by atoms with Crippen molar-refractivity contribution < 1.29 is 30.4 Å². The summed E-state index contributed by atoms with van der Waals surface area (Å²) in [5.74, 6) is 0. The van der Waals surface area contributed by atoms with Gasteiger partial charge in [0.2, 0.25) is 0 Å². The number of aryl methyl sites for hydroxylation is 1. The van der Waals surface area contributed by atoms with E-state index in [0.29, 0.717) is 17.9 Å². The number of benzene rings is 1. The molecule has 5 N–H and O–H groups in total. The SMILES string of the molecule is OC[C@H]1O[C@@H](SC(CCc2ccccc2)=NO)[C@H](O)[C@@H](O)[C@@H]1O. The Morgan fingerprint density at radius 3 is 2.39 bits per heavy atom. The predicted octanol–water partition coefficient (Wildman–Crippen LogP) is -0.0600. The van der Waals surface area contributed by atoms with Gasteiger partial charge in [0.05, 0.1) is 6.61 Å². The first-order valence-electron chi connectivity index (χ1n) is 7.29. The Morgan fingerprint density at radius 2 is 1.78 bits per heavy atom. The molecule has 0 aliphatic carbocycles. The second-order valence-electron chi connectivity index (χ2n) is 5.29. The Kier molecular flexibility index (Phi) is 6.82. The summed E-state index contributed by atoms with van der Waals surface area (Å²) in [6.45, 7) is -0.488. The molecule has 0 unspecified atom stereocenters. The molecule has 1 saturated heterocycles. The maximum Gasteiger partial charge on any atom is 0.138 e. The van der Waals surface area contributed by atoms with Crippen molar-refractivity contribution in [1.29, 1.82) is 0 Å². The van der Waals surface area contributed by atoms with Crippen molar-refractivity contribution in [3.8, 4) is 0 Å². The molecule has 1 aliphatic heterocycles. The van der Waals surface area contributed by atoms with Crippen LogP contribution in [0.3, 0.4) is 0 Å². The molecule has 0 saturated carbocycles.